The lowest BCUT2D eigenvalue weighted by Crippen LogP contribution is -2.30. The Hall–Kier alpha value is -1.95. The summed E-state index contributed by atoms with van der Waals surface area (Å²) in [5, 5.41) is 10.5. The van der Waals surface area contributed by atoms with E-state index >= 15 is 0 Å². The second-order valence-electron chi connectivity index (χ2n) is 3.31. The highest BCUT2D eigenvalue weighted by Gasteiger charge is 2.15. The highest BCUT2D eigenvalue weighted by Crippen LogP contribution is 2.13. The molecule has 2 aromatic rings. The molecule has 1 atom stereocenters. The van der Waals surface area contributed by atoms with E-state index in [2.05, 4.69) is 15.5 Å². The van der Waals surface area contributed by atoms with Gasteiger partial charge in [-0.05, 0) is 19.1 Å². The molecule has 5 nitrogen and oxygen atoms in total. The number of para-hydroxylation sites is 1. The molecule has 0 radical (unpaired) electrons. The van der Waals surface area contributed by atoms with E-state index in [1.54, 1.807) is 24.6 Å². The van der Waals surface area contributed by atoms with Crippen molar-refractivity contribution in [2.45, 2.75) is 13.0 Å². The van der Waals surface area contributed by atoms with Crippen molar-refractivity contribution < 1.29 is 9.53 Å². The van der Waals surface area contributed by atoms with Gasteiger partial charge in [-0.2, -0.15) is 0 Å². The molecule has 0 saturated heterocycles. The second-order valence-corrected chi connectivity index (χ2v) is 4.14. The van der Waals surface area contributed by atoms with E-state index in [0.29, 0.717) is 10.9 Å². The van der Waals surface area contributed by atoms with Crippen LogP contribution in [0.2, 0.25) is 0 Å². The first-order chi connectivity index (χ1) is 8.25. The lowest BCUT2D eigenvalue weighted by Gasteiger charge is -2.13. The monoisotopic (exact) mass is 249 g/mol. The lowest BCUT2D eigenvalue weighted by atomic mass is 10.3. The standard InChI is InChI=1S/C11H11N3O2S/c1-8(16-9-5-3-2-4-6-9)10(15)13-11-14-12-7-17-11/h2-8H,1H3,(H,13,14,15). The number of nitrogens with one attached hydrogen (secondary N) is 1. The second kappa shape index (κ2) is 5.40. The summed E-state index contributed by atoms with van der Waals surface area (Å²) in [5.41, 5.74) is 1.55. The van der Waals surface area contributed by atoms with Crippen molar-refractivity contribution in [3.8, 4) is 5.75 Å². The minimum absolute atomic E-state index is 0.245. The average Bonchev–Trinajstić information content (AvgIpc) is 2.83. The molecular formula is C11H11N3O2S. The number of carbonyl (C=O) groups is 1. The average molecular weight is 249 g/mol. The van der Waals surface area contributed by atoms with Crippen molar-refractivity contribution >= 4 is 22.4 Å². The molecule has 6 heteroatoms. The van der Waals surface area contributed by atoms with Crippen LogP contribution in [0.4, 0.5) is 5.13 Å². The molecule has 17 heavy (non-hydrogen) atoms. The van der Waals surface area contributed by atoms with Gasteiger partial charge in [0, 0.05) is 0 Å². The number of hydrogen-bond acceptors (Lipinski definition) is 5. The number of ether oxygens (including phenoxy) is 1. The van der Waals surface area contributed by atoms with Crippen LogP contribution in [0.5, 0.6) is 5.75 Å². The predicted octanol–water partition coefficient (Wildman–Crippen LogP) is 1.94. The maximum atomic E-state index is 11.7. The summed E-state index contributed by atoms with van der Waals surface area (Å²) >= 11 is 1.27. The quantitative estimate of drug-likeness (QED) is 0.899. The van der Waals surface area contributed by atoms with E-state index in [9.17, 15) is 4.79 Å². The Balaban J connectivity index is 1.92. The molecule has 0 bridgehead atoms. The van der Waals surface area contributed by atoms with Crippen molar-refractivity contribution in [3.05, 3.63) is 35.8 Å². The van der Waals surface area contributed by atoms with Crippen LogP contribution >= 0.6 is 11.3 Å². The van der Waals surface area contributed by atoms with Crippen molar-refractivity contribution in [2.75, 3.05) is 5.32 Å². The fraction of sp³-hybridized carbons (Fsp3) is 0.182. The lowest BCUT2D eigenvalue weighted by molar-refractivity contribution is -0.122. The molecule has 1 heterocycles. The Bertz CT molecular complexity index is 473. The number of amides is 1. The number of carbonyl (C=O) groups excluding carboxylic acids is 1. The maximum Gasteiger partial charge on any atom is 0.266 e. The minimum Gasteiger partial charge on any atom is -0.481 e. The molecule has 88 valence electrons. The smallest absolute Gasteiger partial charge is 0.266 e. The van der Waals surface area contributed by atoms with Gasteiger partial charge in [-0.25, -0.2) is 0 Å². The summed E-state index contributed by atoms with van der Waals surface area (Å²) in [7, 11) is 0. The summed E-state index contributed by atoms with van der Waals surface area (Å²) in [6, 6.07) is 9.19. The van der Waals surface area contributed by atoms with E-state index in [1.807, 2.05) is 18.2 Å². The van der Waals surface area contributed by atoms with Gasteiger partial charge in [0.2, 0.25) is 5.13 Å². The Labute approximate surface area is 102 Å². The molecule has 2 rings (SSSR count). The third-order valence-electron chi connectivity index (χ3n) is 2.02. The molecule has 0 aliphatic carbocycles. The van der Waals surface area contributed by atoms with E-state index in [1.165, 1.54) is 11.3 Å². The van der Waals surface area contributed by atoms with E-state index in [0.717, 1.165) is 0 Å². The molecule has 1 aromatic heterocycles. The van der Waals surface area contributed by atoms with Crippen molar-refractivity contribution in [1.82, 2.24) is 10.2 Å². The van der Waals surface area contributed by atoms with Crippen LogP contribution in [0.25, 0.3) is 0 Å². The highest BCUT2D eigenvalue weighted by atomic mass is 32.1. The molecule has 1 unspecified atom stereocenters. The first-order valence-electron chi connectivity index (χ1n) is 5.04. The molecule has 0 saturated carbocycles. The van der Waals surface area contributed by atoms with Crippen LogP contribution in [-0.2, 0) is 4.79 Å². The molecule has 1 N–H and O–H groups in total. The Kier molecular flexibility index (Phi) is 3.66. The molecule has 0 aliphatic heterocycles. The van der Waals surface area contributed by atoms with Crippen LogP contribution in [0, 0.1) is 0 Å². The van der Waals surface area contributed by atoms with Crippen LogP contribution in [0.1, 0.15) is 6.92 Å². The third kappa shape index (κ3) is 3.25. The number of anilines is 1. The largest absolute Gasteiger partial charge is 0.481 e. The Morgan fingerprint density at radius 3 is 2.82 bits per heavy atom. The van der Waals surface area contributed by atoms with Crippen molar-refractivity contribution in [1.29, 1.82) is 0 Å². The highest BCUT2D eigenvalue weighted by molar-refractivity contribution is 7.13. The number of rotatable bonds is 4. The predicted molar refractivity (Wildman–Crippen MR) is 65.1 cm³/mol. The van der Waals surface area contributed by atoms with Gasteiger partial charge < -0.3 is 4.74 Å². The number of nitrogens with zero attached hydrogens (tertiary/aromatic N) is 2. The number of aromatic nitrogens is 2. The van der Waals surface area contributed by atoms with Gasteiger partial charge in [-0.1, -0.05) is 29.5 Å². The molecule has 0 fully saturated rings. The van der Waals surface area contributed by atoms with Crippen LogP contribution in [-0.4, -0.2) is 22.2 Å². The zero-order chi connectivity index (χ0) is 12.1. The molecular weight excluding hydrogens is 238 g/mol. The summed E-state index contributed by atoms with van der Waals surface area (Å²) in [4.78, 5) is 11.7. The van der Waals surface area contributed by atoms with Gasteiger partial charge in [0.1, 0.15) is 11.3 Å². The van der Waals surface area contributed by atoms with E-state index in [4.69, 9.17) is 4.74 Å². The number of benzene rings is 1. The Morgan fingerprint density at radius 2 is 2.18 bits per heavy atom. The fourth-order valence-corrected chi connectivity index (χ4v) is 1.64. The summed E-state index contributed by atoms with van der Waals surface area (Å²) < 4.78 is 5.47. The first kappa shape index (κ1) is 11.5. The zero-order valence-electron chi connectivity index (χ0n) is 9.16. The van der Waals surface area contributed by atoms with Gasteiger partial charge in [0.05, 0.1) is 0 Å². The summed E-state index contributed by atoms with van der Waals surface area (Å²) in [6.07, 6.45) is -0.582. The topological polar surface area (TPSA) is 64.1 Å². The van der Waals surface area contributed by atoms with Crippen LogP contribution in [0.3, 0.4) is 0 Å². The normalized spacial score (nSPS) is 11.8. The van der Waals surface area contributed by atoms with Crippen LogP contribution in [0.15, 0.2) is 35.8 Å². The van der Waals surface area contributed by atoms with Gasteiger partial charge in [0.25, 0.3) is 5.91 Å². The molecule has 0 spiro atoms. The molecule has 0 aliphatic rings. The minimum atomic E-state index is -0.582. The maximum absolute atomic E-state index is 11.7. The van der Waals surface area contributed by atoms with Crippen LogP contribution < -0.4 is 10.1 Å². The summed E-state index contributed by atoms with van der Waals surface area (Å²) in [5.74, 6) is 0.415. The van der Waals surface area contributed by atoms with E-state index in [-0.39, 0.29) is 5.91 Å². The Morgan fingerprint density at radius 1 is 1.41 bits per heavy atom. The molecule has 1 aromatic carbocycles. The van der Waals surface area contributed by atoms with Gasteiger partial charge in [0.15, 0.2) is 6.10 Å². The first-order valence-corrected chi connectivity index (χ1v) is 5.92. The zero-order valence-corrected chi connectivity index (χ0v) is 9.98. The SMILES string of the molecule is CC(Oc1ccccc1)C(=O)Nc1nncs1. The van der Waals surface area contributed by atoms with Crippen molar-refractivity contribution in [3.63, 3.8) is 0 Å². The summed E-state index contributed by atoms with van der Waals surface area (Å²) in [6.45, 7) is 1.68. The van der Waals surface area contributed by atoms with Crippen molar-refractivity contribution in [2.24, 2.45) is 0 Å². The molecule has 1 amide bonds. The van der Waals surface area contributed by atoms with Gasteiger partial charge in [-0.3, -0.25) is 10.1 Å². The van der Waals surface area contributed by atoms with Gasteiger partial charge in [-0.15, -0.1) is 10.2 Å². The fourth-order valence-electron chi connectivity index (χ4n) is 1.19. The van der Waals surface area contributed by atoms with Gasteiger partial charge >= 0.3 is 0 Å². The third-order valence-corrected chi connectivity index (χ3v) is 2.62. The number of hydrogen-bond donors (Lipinski definition) is 1. The van der Waals surface area contributed by atoms with E-state index < -0.39 is 6.10 Å².